The summed E-state index contributed by atoms with van der Waals surface area (Å²) in [5.41, 5.74) is 2.31. The van der Waals surface area contributed by atoms with E-state index in [1.165, 1.54) is 10.9 Å². The number of halogens is 1. The van der Waals surface area contributed by atoms with Gasteiger partial charge in [0.05, 0.1) is 12.6 Å². The van der Waals surface area contributed by atoms with Crippen molar-refractivity contribution in [3.05, 3.63) is 59.2 Å². The zero-order valence-electron chi connectivity index (χ0n) is 9.93. The van der Waals surface area contributed by atoms with E-state index in [2.05, 4.69) is 57.0 Å². The van der Waals surface area contributed by atoms with Gasteiger partial charge in [0, 0.05) is 21.7 Å². The third-order valence-electron chi connectivity index (χ3n) is 3.01. The fraction of sp³-hybridized carbons (Fsp3) is 0.0667. The summed E-state index contributed by atoms with van der Waals surface area (Å²) in [6.45, 7) is 0. The molecule has 0 aliphatic carbocycles. The second-order valence-electron chi connectivity index (χ2n) is 4.06. The van der Waals surface area contributed by atoms with E-state index in [1.54, 1.807) is 7.11 Å². The Morgan fingerprint density at radius 1 is 1.00 bits per heavy atom. The third kappa shape index (κ3) is 1.81. The van der Waals surface area contributed by atoms with Crippen LogP contribution in [0.15, 0.2) is 59.2 Å². The van der Waals surface area contributed by atoms with Crippen LogP contribution < -0.4 is 4.74 Å². The van der Waals surface area contributed by atoms with Gasteiger partial charge in [0.1, 0.15) is 5.75 Å². The largest absolute Gasteiger partial charge is 0.497 e. The summed E-state index contributed by atoms with van der Waals surface area (Å²) < 4.78 is 8.45. The molecular weight excluding hydrogens is 290 g/mol. The molecule has 0 spiro atoms. The first-order valence-corrected chi connectivity index (χ1v) is 6.49. The van der Waals surface area contributed by atoms with Gasteiger partial charge in [-0.15, -0.1) is 0 Å². The lowest BCUT2D eigenvalue weighted by molar-refractivity contribution is 0.415. The Morgan fingerprint density at radius 3 is 2.44 bits per heavy atom. The van der Waals surface area contributed by atoms with E-state index in [-0.39, 0.29) is 0 Å². The Balaban J connectivity index is 2.18. The number of hydrogen-bond donors (Lipinski definition) is 0. The molecule has 0 bridgehead atoms. The number of hydrogen-bond acceptors (Lipinski definition) is 1. The van der Waals surface area contributed by atoms with Gasteiger partial charge < -0.3 is 9.30 Å². The normalized spacial score (nSPS) is 10.8. The highest BCUT2D eigenvalue weighted by Gasteiger charge is 2.07. The van der Waals surface area contributed by atoms with Crippen molar-refractivity contribution in [1.82, 2.24) is 4.57 Å². The molecule has 3 heteroatoms. The highest BCUT2D eigenvalue weighted by Crippen LogP contribution is 2.29. The highest BCUT2D eigenvalue weighted by molar-refractivity contribution is 9.10. The molecule has 0 aliphatic heterocycles. The van der Waals surface area contributed by atoms with Gasteiger partial charge in [0.15, 0.2) is 0 Å². The van der Waals surface area contributed by atoms with Crippen LogP contribution >= 0.6 is 15.9 Å². The Hall–Kier alpha value is -1.74. The zero-order valence-corrected chi connectivity index (χ0v) is 11.5. The van der Waals surface area contributed by atoms with Crippen LogP contribution in [0.4, 0.5) is 0 Å². The van der Waals surface area contributed by atoms with Gasteiger partial charge in [-0.3, -0.25) is 0 Å². The number of benzene rings is 2. The van der Waals surface area contributed by atoms with Crippen molar-refractivity contribution < 1.29 is 4.74 Å². The maximum Gasteiger partial charge on any atom is 0.119 e. The average Bonchev–Trinajstić information content (AvgIpc) is 2.77. The van der Waals surface area contributed by atoms with Crippen molar-refractivity contribution in [3.8, 4) is 11.4 Å². The molecule has 2 aromatic carbocycles. The summed E-state index contributed by atoms with van der Waals surface area (Å²) in [5.74, 6) is 0.870. The number of methoxy groups -OCH3 is 1. The minimum atomic E-state index is 0.870. The summed E-state index contributed by atoms with van der Waals surface area (Å²) in [5, 5.41) is 1.22. The van der Waals surface area contributed by atoms with E-state index in [4.69, 9.17) is 4.74 Å². The molecule has 1 heterocycles. The lowest BCUT2D eigenvalue weighted by Gasteiger charge is -2.06. The lowest BCUT2D eigenvalue weighted by atomic mass is 10.2. The van der Waals surface area contributed by atoms with Gasteiger partial charge in [0.2, 0.25) is 0 Å². The highest BCUT2D eigenvalue weighted by atomic mass is 79.9. The van der Waals surface area contributed by atoms with Gasteiger partial charge in [-0.2, -0.15) is 0 Å². The van der Waals surface area contributed by atoms with Crippen molar-refractivity contribution in [1.29, 1.82) is 0 Å². The Labute approximate surface area is 114 Å². The molecule has 2 nitrogen and oxygen atoms in total. The molecule has 90 valence electrons. The topological polar surface area (TPSA) is 14.2 Å². The first-order chi connectivity index (χ1) is 8.79. The molecule has 1 aromatic heterocycles. The quantitative estimate of drug-likeness (QED) is 0.684. The molecule has 0 N–H and O–H groups in total. The molecule has 0 radical (unpaired) electrons. The third-order valence-corrected chi connectivity index (χ3v) is 3.65. The first kappa shape index (κ1) is 11.4. The lowest BCUT2D eigenvalue weighted by Crippen LogP contribution is -1.91. The molecule has 3 aromatic rings. The Morgan fingerprint density at radius 2 is 1.72 bits per heavy atom. The van der Waals surface area contributed by atoms with E-state index in [0.717, 1.165) is 15.9 Å². The second-order valence-corrected chi connectivity index (χ2v) is 4.92. The van der Waals surface area contributed by atoms with Crippen LogP contribution in [0.2, 0.25) is 0 Å². The predicted octanol–water partition coefficient (Wildman–Crippen LogP) is 4.40. The van der Waals surface area contributed by atoms with Gasteiger partial charge in [0.25, 0.3) is 0 Å². The van der Waals surface area contributed by atoms with Crippen LogP contribution in [0, 0.1) is 0 Å². The number of nitrogens with zero attached hydrogens (tertiary/aromatic N) is 1. The molecule has 0 fully saturated rings. The summed E-state index contributed by atoms with van der Waals surface area (Å²) in [6.07, 6.45) is 2.09. The standard InChI is InChI=1S/C15H12BrNO/c1-18-12-8-6-11(7-9-12)17-10-14(16)13-4-2-3-5-15(13)17/h2-10H,1H3. The van der Waals surface area contributed by atoms with Crippen molar-refractivity contribution in [2.45, 2.75) is 0 Å². The van der Waals surface area contributed by atoms with Gasteiger partial charge in [-0.1, -0.05) is 18.2 Å². The fourth-order valence-electron chi connectivity index (χ4n) is 2.09. The molecule has 0 saturated heterocycles. The van der Waals surface area contributed by atoms with Gasteiger partial charge in [-0.25, -0.2) is 0 Å². The van der Waals surface area contributed by atoms with Crippen LogP contribution in [0.1, 0.15) is 0 Å². The number of fused-ring (bicyclic) bond motifs is 1. The molecule has 3 rings (SSSR count). The molecule has 0 unspecified atom stereocenters. The minimum absolute atomic E-state index is 0.870. The Bertz CT molecular complexity index is 685. The van der Waals surface area contributed by atoms with Crippen molar-refractivity contribution in [2.24, 2.45) is 0 Å². The van der Waals surface area contributed by atoms with E-state index in [9.17, 15) is 0 Å². The van der Waals surface area contributed by atoms with Crippen LogP contribution in [0.5, 0.6) is 5.75 Å². The van der Waals surface area contributed by atoms with E-state index in [1.807, 2.05) is 18.2 Å². The first-order valence-electron chi connectivity index (χ1n) is 5.69. The van der Waals surface area contributed by atoms with Crippen molar-refractivity contribution in [3.63, 3.8) is 0 Å². The van der Waals surface area contributed by atoms with Crippen LogP contribution in [0.3, 0.4) is 0 Å². The summed E-state index contributed by atoms with van der Waals surface area (Å²) in [6, 6.07) is 16.4. The molecular formula is C15H12BrNO. The maximum absolute atomic E-state index is 5.18. The van der Waals surface area contributed by atoms with Gasteiger partial charge in [-0.05, 0) is 46.3 Å². The smallest absolute Gasteiger partial charge is 0.119 e. The molecule has 0 aliphatic rings. The van der Waals surface area contributed by atoms with E-state index < -0.39 is 0 Å². The van der Waals surface area contributed by atoms with Crippen molar-refractivity contribution in [2.75, 3.05) is 7.11 Å². The molecule has 0 amide bonds. The Kier molecular flexibility index (Phi) is 2.84. The number of aromatic nitrogens is 1. The molecule has 0 atom stereocenters. The van der Waals surface area contributed by atoms with E-state index >= 15 is 0 Å². The van der Waals surface area contributed by atoms with Crippen molar-refractivity contribution >= 4 is 26.8 Å². The number of para-hydroxylation sites is 1. The molecule has 0 saturated carbocycles. The summed E-state index contributed by atoms with van der Waals surface area (Å²) >= 11 is 3.60. The molecule has 18 heavy (non-hydrogen) atoms. The van der Waals surface area contributed by atoms with Crippen LogP contribution in [0.25, 0.3) is 16.6 Å². The van der Waals surface area contributed by atoms with Gasteiger partial charge >= 0.3 is 0 Å². The summed E-state index contributed by atoms with van der Waals surface area (Å²) in [4.78, 5) is 0. The summed E-state index contributed by atoms with van der Waals surface area (Å²) in [7, 11) is 1.68. The monoisotopic (exact) mass is 301 g/mol. The van der Waals surface area contributed by atoms with E-state index in [0.29, 0.717) is 0 Å². The zero-order chi connectivity index (χ0) is 12.5. The average molecular weight is 302 g/mol. The predicted molar refractivity (Wildman–Crippen MR) is 77.5 cm³/mol. The fourth-order valence-corrected chi connectivity index (χ4v) is 2.63. The SMILES string of the molecule is COc1ccc(-n2cc(Br)c3ccccc32)cc1. The number of ether oxygens (including phenoxy) is 1. The maximum atomic E-state index is 5.18. The van der Waals surface area contributed by atoms with Crippen LogP contribution in [-0.2, 0) is 0 Å². The van der Waals surface area contributed by atoms with Crippen LogP contribution in [-0.4, -0.2) is 11.7 Å². The minimum Gasteiger partial charge on any atom is -0.497 e. The number of rotatable bonds is 2. The second kappa shape index (κ2) is 4.50.